The van der Waals surface area contributed by atoms with E-state index in [1.54, 1.807) is 10.9 Å². The Bertz CT molecular complexity index is 1780. The summed E-state index contributed by atoms with van der Waals surface area (Å²) in [5.74, 6) is -3.82. The number of aromatic amines is 1. The first-order chi connectivity index (χ1) is 20.0. The topological polar surface area (TPSA) is 50.1 Å². The zero-order valence-corrected chi connectivity index (χ0v) is 24.2. The van der Waals surface area contributed by atoms with Gasteiger partial charge in [0.05, 0.1) is 0 Å². The molecule has 5 aromatic carbocycles. The normalized spacial score (nSPS) is 12.7. The van der Waals surface area contributed by atoms with Crippen LogP contribution < -0.4 is 26.8 Å². The quantitative estimate of drug-likeness (QED) is 0.171. The van der Waals surface area contributed by atoms with Crippen LogP contribution in [0.4, 0.5) is 5.69 Å². The minimum atomic E-state index is -3.82. The first-order valence-electron chi connectivity index (χ1n) is 13.4. The standard InChI is InChI=1S/C35H29ClN3OP/c1-27-32(35(40)39(38-27)28-16-6-2-7-17-28)26-37-33-24-14-15-25-34(33)41(36,29-18-8-3-9-19-29,30-20-10-4-11-21-30)31-22-12-5-13-23-31/h2-26,38H,1H3. The summed E-state index contributed by atoms with van der Waals surface area (Å²) in [4.78, 5) is 18.4. The molecule has 41 heavy (non-hydrogen) atoms. The van der Waals surface area contributed by atoms with E-state index in [1.165, 1.54) is 0 Å². The molecule has 0 aliphatic heterocycles. The van der Waals surface area contributed by atoms with Gasteiger partial charge in [0.25, 0.3) is 0 Å². The van der Waals surface area contributed by atoms with Crippen LogP contribution in [0.25, 0.3) is 5.69 Å². The number of rotatable bonds is 7. The molecule has 0 aliphatic carbocycles. The van der Waals surface area contributed by atoms with E-state index < -0.39 is 5.96 Å². The second-order valence-corrected chi connectivity index (χ2v) is 16.0. The number of hydrogen-bond acceptors (Lipinski definition) is 2. The van der Waals surface area contributed by atoms with Crippen LogP contribution in [-0.2, 0) is 0 Å². The molecule has 0 atom stereocenters. The Morgan fingerprint density at radius 2 is 1.10 bits per heavy atom. The summed E-state index contributed by atoms with van der Waals surface area (Å²) in [6.45, 7) is 1.88. The Balaban J connectivity index is 1.62. The Kier molecular flexibility index (Phi) is 7.05. The van der Waals surface area contributed by atoms with Crippen LogP contribution in [0.5, 0.6) is 0 Å². The average Bonchev–Trinajstić information content (AvgIpc) is 3.34. The molecule has 6 rings (SSSR count). The van der Waals surface area contributed by atoms with Gasteiger partial charge in [0.1, 0.15) is 0 Å². The molecule has 1 N–H and O–H groups in total. The summed E-state index contributed by atoms with van der Waals surface area (Å²) in [6.07, 6.45) is 1.66. The number of aliphatic imine (C=N–C) groups is 1. The molecule has 0 bridgehead atoms. The summed E-state index contributed by atoms with van der Waals surface area (Å²) in [5, 5.41) is 7.16. The molecule has 1 aromatic heterocycles. The van der Waals surface area contributed by atoms with Gasteiger partial charge in [0, 0.05) is 0 Å². The molecule has 0 amide bonds. The maximum absolute atomic E-state index is 13.4. The summed E-state index contributed by atoms with van der Waals surface area (Å²) < 4.78 is 1.54. The second kappa shape index (κ2) is 10.8. The predicted octanol–water partition coefficient (Wildman–Crippen LogP) is 6.53. The van der Waals surface area contributed by atoms with Gasteiger partial charge in [-0.25, -0.2) is 0 Å². The predicted molar refractivity (Wildman–Crippen MR) is 175 cm³/mol. The summed E-state index contributed by atoms with van der Waals surface area (Å²) in [5.41, 5.74) is 2.55. The fraction of sp³-hybridized carbons (Fsp3) is 0.0286. The first-order valence-corrected chi connectivity index (χ1v) is 16.6. The van der Waals surface area contributed by atoms with Crippen molar-refractivity contribution >= 4 is 50.3 Å². The molecule has 0 fully saturated rings. The van der Waals surface area contributed by atoms with Crippen molar-refractivity contribution in [2.24, 2.45) is 4.99 Å². The van der Waals surface area contributed by atoms with Crippen LogP contribution in [0.15, 0.2) is 155 Å². The number of H-pyrrole nitrogens is 1. The molecule has 6 aromatic rings. The maximum atomic E-state index is 13.4. The van der Waals surface area contributed by atoms with E-state index in [4.69, 9.17) is 16.2 Å². The minimum absolute atomic E-state index is 0.160. The van der Waals surface area contributed by atoms with Gasteiger partial charge in [-0.15, -0.1) is 0 Å². The van der Waals surface area contributed by atoms with E-state index in [-0.39, 0.29) is 5.56 Å². The Labute approximate surface area is 244 Å². The van der Waals surface area contributed by atoms with Gasteiger partial charge < -0.3 is 0 Å². The molecule has 4 nitrogen and oxygen atoms in total. The third-order valence-electron chi connectivity index (χ3n) is 7.52. The summed E-state index contributed by atoms with van der Waals surface area (Å²) in [6, 6.07) is 48.4. The van der Waals surface area contributed by atoms with E-state index in [2.05, 4.69) is 47.6 Å². The van der Waals surface area contributed by atoms with Crippen LogP contribution in [0.3, 0.4) is 0 Å². The van der Waals surface area contributed by atoms with Gasteiger partial charge in [0.15, 0.2) is 0 Å². The van der Waals surface area contributed by atoms with Gasteiger partial charge in [-0.1, -0.05) is 0 Å². The van der Waals surface area contributed by atoms with Crippen LogP contribution in [0.1, 0.15) is 11.3 Å². The van der Waals surface area contributed by atoms with Crippen molar-refractivity contribution in [1.29, 1.82) is 0 Å². The van der Waals surface area contributed by atoms with E-state index in [1.807, 2.05) is 110 Å². The van der Waals surface area contributed by atoms with E-state index >= 15 is 0 Å². The van der Waals surface area contributed by atoms with Gasteiger partial charge >= 0.3 is 245 Å². The number of aromatic nitrogens is 2. The molecule has 0 radical (unpaired) electrons. The number of halogens is 1. The monoisotopic (exact) mass is 573 g/mol. The van der Waals surface area contributed by atoms with Crippen molar-refractivity contribution in [2.45, 2.75) is 6.92 Å². The van der Waals surface area contributed by atoms with Crippen molar-refractivity contribution in [3.05, 3.63) is 167 Å². The second-order valence-electron chi connectivity index (χ2n) is 9.89. The van der Waals surface area contributed by atoms with Crippen LogP contribution in [0, 0.1) is 6.92 Å². The van der Waals surface area contributed by atoms with E-state index in [9.17, 15) is 4.79 Å². The molecular weight excluding hydrogens is 545 g/mol. The Morgan fingerprint density at radius 1 is 0.659 bits per heavy atom. The van der Waals surface area contributed by atoms with Crippen LogP contribution in [-0.4, -0.2) is 16.0 Å². The number of nitrogens with one attached hydrogen (secondary N) is 1. The number of benzene rings is 5. The van der Waals surface area contributed by atoms with Gasteiger partial charge in [-0.3, -0.25) is 0 Å². The fourth-order valence-corrected chi connectivity index (χ4v) is 11.8. The Morgan fingerprint density at radius 3 is 1.61 bits per heavy atom. The molecule has 202 valence electrons. The van der Waals surface area contributed by atoms with Crippen molar-refractivity contribution < 1.29 is 0 Å². The molecule has 0 unspecified atom stereocenters. The van der Waals surface area contributed by atoms with Crippen molar-refractivity contribution in [1.82, 2.24) is 9.78 Å². The Hall–Kier alpha value is -4.50. The summed E-state index contributed by atoms with van der Waals surface area (Å²) in [7, 11) is 0. The zero-order valence-electron chi connectivity index (χ0n) is 22.6. The number of para-hydroxylation sites is 2. The fourth-order valence-electron chi connectivity index (χ4n) is 5.52. The third-order valence-corrected chi connectivity index (χ3v) is 14.9. The average molecular weight is 574 g/mol. The molecule has 6 heteroatoms. The van der Waals surface area contributed by atoms with Crippen molar-refractivity contribution in [3.63, 3.8) is 0 Å². The van der Waals surface area contributed by atoms with Gasteiger partial charge in [0.2, 0.25) is 0 Å². The number of hydrogen-bond donors (Lipinski definition) is 1. The van der Waals surface area contributed by atoms with E-state index in [0.29, 0.717) is 11.3 Å². The van der Waals surface area contributed by atoms with Crippen LogP contribution >= 0.6 is 17.2 Å². The van der Waals surface area contributed by atoms with E-state index in [0.717, 1.165) is 32.6 Å². The van der Waals surface area contributed by atoms with Crippen LogP contribution in [0.2, 0.25) is 0 Å². The zero-order chi connectivity index (χ0) is 28.3. The molecule has 0 spiro atoms. The molecule has 0 aliphatic rings. The van der Waals surface area contributed by atoms with Gasteiger partial charge in [-0.2, -0.15) is 0 Å². The van der Waals surface area contributed by atoms with Crippen molar-refractivity contribution in [3.8, 4) is 5.69 Å². The molecule has 0 saturated carbocycles. The third kappa shape index (κ3) is 4.37. The molecule has 0 saturated heterocycles. The summed E-state index contributed by atoms with van der Waals surface area (Å²) >= 11 is 8.42. The SMILES string of the molecule is Cc1[nH]n(-c2ccccc2)c(=O)c1C=Nc1ccccc1P(Cl)(c1ccccc1)(c1ccccc1)c1ccccc1. The number of aryl methyl sites for hydroxylation is 1. The van der Waals surface area contributed by atoms with Crippen molar-refractivity contribution in [2.75, 3.05) is 0 Å². The number of nitrogens with zero attached hydrogens (tertiary/aromatic N) is 2. The molecule has 1 heterocycles. The molecular formula is C35H29ClN3OP. The van der Waals surface area contributed by atoms with Gasteiger partial charge in [-0.05, 0) is 0 Å². The first kappa shape index (κ1) is 26.7.